The van der Waals surface area contributed by atoms with Crippen molar-refractivity contribution < 1.29 is 13.2 Å². The largest absolute Gasteiger partial charge is 0.496 e. The maximum atomic E-state index is 12.7. The van der Waals surface area contributed by atoms with Gasteiger partial charge in [-0.25, -0.2) is 12.7 Å². The van der Waals surface area contributed by atoms with Gasteiger partial charge in [0.2, 0.25) is 10.0 Å². The van der Waals surface area contributed by atoms with Gasteiger partial charge >= 0.3 is 0 Å². The second-order valence-electron chi connectivity index (χ2n) is 4.94. The van der Waals surface area contributed by atoms with E-state index in [-0.39, 0.29) is 21.5 Å². The zero-order valence-corrected chi connectivity index (χ0v) is 15.1. The summed E-state index contributed by atoms with van der Waals surface area (Å²) in [6.07, 6.45) is 0.516. The Labute approximate surface area is 146 Å². The van der Waals surface area contributed by atoms with Gasteiger partial charge in [-0.3, -0.25) is 0 Å². The average Bonchev–Trinajstić information content (AvgIpc) is 2.52. The van der Waals surface area contributed by atoms with Gasteiger partial charge in [-0.2, -0.15) is 0 Å². The number of likely N-dealkylation sites (N-methyl/N-ethyl adjacent to an activating group) is 1. The number of methoxy groups -OCH3 is 1. The molecule has 0 spiro atoms. The molecule has 0 amide bonds. The fourth-order valence-electron chi connectivity index (χ4n) is 2.19. The van der Waals surface area contributed by atoms with Crippen LogP contribution in [0.5, 0.6) is 5.75 Å². The Kier molecular flexibility index (Phi) is 5.92. The highest BCUT2D eigenvalue weighted by molar-refractivity contribution is 7.89. The fourth-order valence-corrected chi connectivity index (χ4v) is 4.45. The fraction of sp³-hybridized carbons (Fsp3) is 0.250. The monoisotopic (exact) mass is 373 g/mol. The lowest BCUT2D eigenvalue weighted by molar-refractivity contribution is 0.406. The topological polar surface area (TPSA) is 46.6 Å². The van der Waals surface area contributed by atoms with E-state index in [2.05, 4.69) is 0 Å². The second kappa shape index (κ2) is 7.53. The highest BCUT2D eigenvalue weighted by Crippen LogP contribution is 2.31. The maximum Gasteiger partial charge on any atom is 0.245 e. The number of hydrogen-bond donors (Lipinski definition) is 0. The molecule has 124 valence electrons. The van der Waals surface area contributed by atoms with Crippen LogP contribution in [-0.4, -0.2) is 33.4 Å². The van der Waals surface area contributed by atoms with E-state index in [0.29, 0.717) is 6.42 Å². The first-order valence-electron chi connectivity index (χ1n) is 6.90. The molecule has 2 aromatic carbocycles. The average molecular weight is 374 g/mol. The molecular formula is C16H17Cl2NO3S. The Morgan fingerprint density at radius 1 is 1.04 bits per heavy atom. The highest BCUT2D eigenvalue weighted by Gasteiger charge is 2.26. The van der Waals surface area contributed by atoms with Gasteiger partial charge in [0.15, 0.2) is 0 Å². The number of sulfonamides is 1. The first-order chi connectivity index (χ1) is 10.9. The van der Waals surface area contributed by atoms with E-state index < -0.39 is 10.0 Å². The molecule has 0 aliphatic carbocycles. The molecule has 0 heterocycles. The predicted molar refractivity (Wildman–Crippen MR) is 93.0 cm³/mol. The first kappa shape index (κ1) is 18.1. The third-order valence-electron chi connectivity index (χ3n) is 3.48. The Bertz CT molecular complexity index is 773. The summed E-state index contributed by atoms with van der Waals surface area (Å²) in [5.74, 6) is 0.731. The molecular weight excluding hydrogens is 357 g/mol. The van der Waals surface area contributed by atoms with E-state index in [9.17, 15) is 8.42 Å². The molecule has 0 unspecified atom stereocenters. The molecule has 0 aliphatic rings. The van der Waals surface area contributed by atoms with E-state index in [1.54, 1.807) is 13.2 Å². The molecule has 2 aromatic rings. The summed E-state index contributed by atoms with van der Waals surface area (Å²) in [7, 11) is -0.671. The summed E-state index contributed by atoms with van der Waals surface area (Å²) in [5.41, 5.74) is 0.933. The Morgan fingerprint density at radius 2 is 1.65 bits per heavy atom. The van der Waals surface area contributed by atoms with Crippen molar-refractivity contribution >= 4 is 33.2 Å². The van der Waals surface area contributed by atoms with Crippen LogP contribution in [0.4, 0.5) is 0 Å². The van der Waals surface area contributed by atoms with Crippen molar-refractivity contribution in [2.24, 2.45) is 0 Å². The predicted octanol–water partition coefficient (Wildman–Crippen LogP) is 3.87. The Balaban J connectivity index is 2.21. The van der Waals surface area contributed by atoms with Crippen molar-refractivity contribution in [2.75, 3.05) is 20.7 Å². The van der Waals surface area contributed by atoms with Crippen molar-refractivity contribution in [3.05, 3.63) is 58.1 Å². The molecule has 0 atom stereocenters. The third-order valence-corrected chi connectivity index (χ3v) is 6.29. The Morgan fingerprint density at radius 3 is 2.26 bits per heavy atom. The summed E-state index contributed by atoms with van der Waals surface area (Å²) in [6, 6.07) is 12.1. The van der Waals surface area contributed by atoms with Crippen LogP contribution in [0.2, 0.25) is 10.0 Å². The van der Waals surface area contributed by atoms with E-state index >= 15 is 0 Å². The van der Waals surface area contributed by atoms with E-state index in [1.165, 1.54) is 23.5 Å². The number of rotatable bonds is 6. The van der Waals surface area contributed by atoms with Crippen molar-refractivity contribution in [1.29, 1.82) is 0 Å². The molecule has 23 heavy (non-hydrogen) atoms. The lowest BCUT2D eigenvalue weighted by atomic mass is 10.1. The summed E-state index contributed by atoms with van der Waals surface area (Å²) in [4.78, 5) is -0.0640. The van der Waals surface area contributed by atoms with Crippen LogP contribution in [-0.2, 0) is 16.4 Å². The number of halogens is 2. The van der Waals surface area contributed by atoms with Crippen LogP contribution in [0.15, 0.2) is 47.4 Å². The van der Waals surface area contributed by atoms with Crippen LogP contribution in [0.25, 0.3) is 0 Å². The second-order valence-corrected chi connectivity index (χ2v) is 7.74. The van der Waals surface area contributed by atoms with Gasteiger partial charge in [-0.1, -0.05) is 47.5 Å². The zero-order chi connectivity index (χ0) is 17.0. The third kappa shape index (κ3) is 3.98. The number of hydrogen-bond acceptors (Lipinski definition) is 3. The molecule has 0 saturated heterocycles. The molecule has 0 fully saturated rings. The van der Waals surface area contributed by atoms with Crippen LogP contribution in [0.1, 0.15) is 5.56 Å². The van der Waals surface area contributed by atoms with Gasteiger partial charge in [0.25, 0.3) is 0 Å². The summed E-state index contributed by atoms with van der Waals surface area (Å²) in [6.45, 7) is 0.282. The van der Waals surface area contributed by atoms with Gasteiger partial charge in [-0.05, 0) is 30.2 Å². The van der Waals surface area contributed by atoms with Crippen LogP contribution < -0.4 is 4.74 Å². The summed E-state index contributed by atoms with van der Waals surface area (Å²) < 4.78 is 31.9. The number of benzene rings is 2. The van der Waals surface area contributed by atoms with Gasteiger partial charge in [-0.15, -0.1) is 0 Å². The quantitative estimate of drug-likeness (QED) is 0.771. The molecule has 7 heteroatoms. The van der Waals surface area contributed by atoms with Gasteiger partial charge in [0.1, 0.15) is 10.6 Å². The zero-order valence-electron chi connectivity index (χ0n) is 12.8. The standard InChI is InChI=1S/C16H17Cl2NO3S/c1-19(11-10-12-6-3-4-9-15(12)22-2)23(20,21)16-13(17)7-5-8-14(16)18/h3-9H,10-11H2,1-2H3. The summed E-state index contributed by atoms with van der Waals surface area (Å²) >= 11 is 12.0. The van der Waals surface area contributed by atoms with Crippen LogP contribution in [0, 0.1) is 0 Å². The number of nitrogens with zero attached hydrogens (tertiary/aromatic N) is 1. The lowest BCUT2D eigenvalue weighted by Crippen LogP contribution is -2.29. The maximum absolute atomic E-state index is 12.7. The number of para-hydroxylation sites is 1. The molecule has 4 nitrogen and oxygen atoms in total. The van der Waals surface area contributed by atoms with E-state index in [0.717, 1.165) is 11.3 Å². The molecule has 0 aliphatic heterocycles. The molecule has 0 N–H and O–H groups in total. The van der Waals surface area contributed by atoms with Crippen molar-refractivity contribution in [3.8, 4) is 5.75 Å². The van der Waals surface area contributed by atoms with Crippen LogP contribution in [0.3, 0.4) is 0 Å². The minimum Gasteiger partial charge on any atom is -0.496 e. The highest BCUT2D eigenvalue weighted by atomic mass is 35.5. The van der Waals surface area contributed by atoms with E-state index in [4.69, 9.17) is 27.9 Å². The lowest BCUT2D eigenvalue weighted by Gasteiger charge is -2.19. The smallest absolute Gasteiger partial charge is 0.245 e. The number of ether oxygens (including phenoxy) is 1. The van der Waals surface area contributed by atoms with Crippen molar-refractivity contribution in [1.82, 2.24) is 4.31 Å². The van der Waals surface area contributed by atoms with Gasteiger partial charge in [0, 0.05) is 13.6 Å². The van der Waals surface area contributed by atoms with Gasteiger partial charge < -0.3 is 4.74 Å². The molecule has 2 rings (SSSR count). The molecule has 0 aromatic heterocycles. The minimum absolute atomic E-state index is 0.0640. The molecule has 0 saturated carbocycles. The molecule has 0 radical (unpaired) electrons. The van der Waals surface area contributed by atoms with Crippen LogP contribution >= 0.6 is 23.2 Å². The Hall–Kier alpha value is -1.27. The minimum atomic E-state index is -3.76. The van der Waals surface area contributed by atoms with E-state index in [1.807, 2.05) is 24.3 Å². The first-order valence-corrected chi connectivity index (χ1v) is 9.09. The summed E-state index contributed by atoms with van der Waals surface area (Å²) in [5, 5.41) is 0.225. The normalized spacial score (nSPS) is 11.7. The van der Waals surface area contributed by atoms with Crippen molar-refractivity contribution in [3.63, 3.8) is 0 Å². The molecule has 0 bridgehead atoms. The SMILES string of the molecule is COc1ccccc1CCN(C)S(=O)(=O)c1c(Cl)cccc1Cl. The van der Waals surface area contributed by atoms with Crippen molar-refractivity contribution in [2.45, 2.75) is 11.3 Å². The van der Waals surface area contributed by atoms with Gasteiger partial charge in [0.05, 0.1) is 17.2 Å².